The van der Waals surface area contributed by atoms with Crippen LogP contribution in [0.1, 0.15) is 12.8 Å². The number of hydrogen-bond donors (Lipinski definition) is 1. The van der Waals surface area contributed by atoms with Gasteiger partial charge in [0.05, 0.1) is 11.0 Å². The molecule has 0 bridgehead atoms. The third kappa shape index (κ3) is 3.61. The zero-order valence-electron chi connectivity index (χ0n) is 12.9. The molecular weight excluding hydrogens is 316 g/mol. The van der Waals surface area contributed by atoms with Gasteiger partial charge in [-0.05, 0) is 49.2 Å². The number of nitro benzene ring substituents is 1. The number of benzene rings is 2. The average molecular weight is 333 g/mol. The van der Waals surface area contributed by atoms with E-state index >= 15 is 0 Å². The summed E-state index contributed by atoms with van der Waals surface area (Å²) in [5.41, 5.74) is 1.09. The molecule has 0 aliphatic carbocycles. The van der Waals surface area contributed by atoms with E-state index in [0.717, 1.165) is 24.6 Å². The molecule has 0 aromatic heterocycles. The van der Waals surface area contributed by atoms with Crippen LogP contribution in [0.3, 0.4) is 0 Å². The molecule has 1 heterocycles. The van der Waals surface area contributed by atoms with Crippen molar-refractivity contribution in [2.75, 3.05) is 23.3 Å². The minimum atomic E-state index is -0.613. The molecule has 3 rings (SSSR count). The first kappa shape index (κ1) is 16.2. The highest BCUT2D eigenvalue weighted by molar-refractivity contribution is 5.63. The zero-order chi connectivity index (χ0) is 17.1. The van der Waals surface area contributed by atoms with Crippen LogP contribution in [0.15, 0.2) is 42.5 Å². The lowest BCUT2D eigenvalue weighted by Gasteiger charge is -2.34. The summed E-state index contributed by atoms with van der Waals surface area (Å²) in [5, 5.41) is 14.5. The van der Waals surface area contributed by atoms with Crippen LogP contribution in [-0.2, 0) is 0 Å². The van der Waals surface area contributed by atoms with E-state index in [1.807, 2.05) is 4.90 Å². The predicted octanol–water partition coefficient (Wildman–Crippen LogP) is 3.95. The van der Waals surface area contributed by atoms with Crippen molar-refractivity contribution < 1.29 is 13.7 Å². The fraction of sp³-hybridized carbons (Fsp3) is 0.294. The van der Waals surface area contributed by atoms with Crippen molar-refractivity contribution in [1.82, 2.24) is 0 Å². The monoisotopic (exact) mass is 333 g/mol. The van der Waals surface area contributed by atoms with Gasteiger partial charge < -0.3 is 10.2 Å². The fourth-order valence-corrected chi connectivity index (χ4v) is 2.96. The highest BCUT2D eigenvalue weighted by atomic mass is 19.1. The van der Waals surface area contributed by atoms with E-state index in [0.29, 0.717) is 18.8 Å². The van der Waals surface area contributed by atoms with E-state index in [2.05, 4.69) is 5.32 Å². The van der Waals surface area contributed by atoms with Crippen molar-refractivity contribution in [1.29, 1.82) is 0 Å². The molecule has 0 atom stereocenters. The van der Waals surface area contributed by atoms with Crippen LogP contribution >= 0.6 is 0 Å². The second-order valence-electron chi connectivity index (χ2n) is 5.80. The molecule has 0 spiro atoms. The number of anilines is 2. The number of nitro groups is 1. The van der Waals surface area contributed by atoms with Gasteiger partial charge in [0, 0.05) is 24.8 Å². The zero-order valence-corrected chi connectivity index (χ0v) is 12.9. The van der Waals surface area contributed by atoms with E-state index in [-0.39, 0.29) is 17.5 Å². The summed E-state index contributed by atoms with van der Waals surface area (Å²) in [6.45, 7) is 1.26. The predicted molar refractivity (Wildman–Crippen MR) is 88.3 cm³/mol. The van der Waals surface area contributed by atoms with Gasteiger partial charge >= 0.3 is 0 Å². The molecule has 5 nitrogen and oxygen atoms in total. The first-order chi connectivity index (χ1) is 11.5. The molecule has 7 heteroatoms. The molecule has 0 radical (unpaired) electrons. The Labute approximate surface area is 138 Å². The van der Waals surface area contributed by atoms with E-state index in [9.17, 15) is 18.9 Å². The Morgan fingerprint density at radius 3 is 2.29 bits per heavy atom. The average Bonchev–Trinajstić information content (AvgIpc) is 2.58. The minimum Gasteiger partial charge on any atom is -0.382 e. The smallest absolute Gasteiger partial charge is 0.295 e. The first-order valence-electron chi connectivity index (χ1n) is 7.74. The number of piperidine rings is 1. The Morgan fingerprint density at radius 1 is 1.04 bits per heavy atom. The Hall–Kier alpha value is -2.70. The third-order valence-electron chi connectivity index (χ3n) is 4.18. The van der Waals surface area contributed by atoms with E-state index in [4.69, 9.17) is 0 Å². The second-order valence-corrected chi connectivity index (χ2v) is 5.80. The molecule has 126 valence electrons. The van der Waals surface area contributed by atoms with Crippen molar-refractivity contribution in [2.45, 2.75) is 18.9 Å². The van der Waals surface area contributed by atoms with Crippen LogP contribution < -0.4 is 10.2 Å². The highest BCUT2D eigenvalue weighted by Gasteiger charge is 2.25. The normalized spacial score (nSPS) is 15.3. The number of rotatable bonds is 4. The number of nitrogens with zero attached hydrogens (tertiary/aromatic N) is 2. The Kier molecular flexibility index (Phi) is 4.59. The van der Waals surface area contributed by atoms with Gasteiger partial charge in [-0.3, -0.25) is 10.1 Å². The molecule has 0 amide bonds. The number of nitrogens with one attached hydrogen (secondary N) is 1. The van der Waals surface area contributed by atoms with Crippen molar-refractivity contribution in [3.8, 4) is 0 Å². The molecule has 2 aromatic rings. The van der Waals surface area contributed by atoms with Crippen molar-refractivity contribution in [3.63, 3.8) is 0 Å². The Bertz CT molecular complexity index is 729. The van der Waals surface area contributed by atoms with Crippen LogP contribution in [0.25, 0.3) is 0 Å². The molecule has 24 heavy (non-hydrogen) atoms. The molecule has 2 aromatic carbocycles. The summed E-state index contributed by atoms with van der Waals surface area (Å²) in [7, 11) is 0. The van der Waals surface area contributed by atoms with Crippen molar-refractivity contribution >= 4 is 17.1 Å². The quantitative estimate of drug-likeness (QED) is 0.680. The Morgan fingerprint density at radius 2 is 1.67 bits per heavy atom. The maximum absolute atomic E-state index is 13.2. The highest BCUT2D eigenvalue weighted by Crippen LogP contribution is 2.31. The maximum Gasteiger partial charge on any atom is 0.295 e. The molecular formula is C17H17F2N3O2. The molecule has 1 aliphatic heterocycles. The van der Waals surface area contributed by atoms with E-state index in [1.165, 1.54) is 24.3 Å². The lowest BCUT2D eigenvalue weighted by Crippen LogP contribution is -2.39. The maximum atomic E-state index is 13.2. The summed E-state index contributed by atoms with van der Waals surface area (Å²) in [4.78, 5) is 12.5. The van der Waals surface area contributed by atoms with Gasteiger partial charge in [0.1, 0.15) is 17.3 Å². The lowest BCUT2D eigenvalue weighted by molar-refractivity contribution is -0.384. The van der Waals surface area contributed by atoms with Crippen LogP contribution in [-0.4, -0.2) is 24.1 Å². The largest absolute Gasteiger partial charge is 0.382 e. The van der Waals surface area contributed by atoms with E-state index in [1.54, 1.807) is 12.1 Å². The van der Waals surface area contributed by atoms with Gasteiger partial charge in [0.25, 0.3) is 5.69 Å². The van der Waals surface area contributed by atoms with Crippen LogP contribution in [0.4, 0.5) is 25.8 Å². The third-order valence-corrected chi connectivity index (χ3v) is 4.18. The van der Waals surface area contributed by atoms with Crippen LogP contribution in [0.2, 0.25) is 0 Å². The number of hydrogen-bond acceptors (Lipinski definition) is 4. The summed E-state index contributed by atoms with van der Waals surface area (Å²) in [6.07, 6.45) is 1.57. The molecule has 0 unspecified atom stereocenters. The summed E-state index contributed by atoms with van der Waals surface area (Å²) in [6, 6.07) is 10.0. The van der Waals surface area contributed by atoms with Gasteiger partial charge in [-0.25, -0.2) is 8.78 Å². The molecule has 1 saturated heterocycles. The first-order valence-corrected chi connectivity index (χ1v) is 7.74. The second kappa shape index (κ2) is 6.82. The van der Waals surface area contributed by atoms with Gasteiger partial charge in [-0.2, -0.15) is 0 Å². The summed E-state index contributed by atoms with van der Waals surface area (Å²) in [5.74, 6) is -0.891. The molecule has 1 aliphatic rings. The number of halogens is 2. The minimum absolute atomic E-state index is 0.208. The molecule has 1 fully saturated rings. The van der Waals surface area contributed by atoms with E-state index < -0.39 is 10.7 Å². The Balaban J connectivity index is 1.65. The van der Waals surface area contributed by atoms with Crippen LogP contribution in [0.5, 0.6) is 0 Å². The summed E-state index contributed by atoms with van der Waals surface area (Å²) >= 11 is 0. The topological polar surface area (TPSA) is 58.4 Å². The summed E-state index contributed by atoms with van der Waals surface area (Å²) < 4.78 is 26.2. The SMILES string of the molecule is O=[N+]([O-])c1cc(F)ccc1N1CCC(Nc2ccc(F)cc2)CC1. The van der Waals surface area contributed by atoms with Crippen molar-refractivity contribution in [2.24, 2.45) is 0 Å². The molecule has 1 N–H and O–H groups in total. The fourth-order valence-electron chi connectivity index (χ4n) is 2.96. The standard InChI is InChI=1S/C17H17F2N3O2/c18-12-1-4-14(5-2-12)20-15-7-9-21(10-8-15)16-6-3-13(19)11-17(16)22(23)24/h1-6,11,15,20H,7-10H2. The molecule has 0 saturated carbocycles. The van der Waals surface area contributed by atoms with Gasteiger partial charge in [0.15, 0.2) is 0 Å². The van der Waals surface area contributed by atoms with Gasteiger partial charge in [-0.15, -0.1) is 0 Å². The lowest BCUT2D eigenvalue weighted by atomic mass is 10.0. The van der Waals surface area contributed by atoms with Crippen molar-refractivity contribution in [3.05, 3.63) is 64.2 Å². The van der Waals surface area contributed by atoms with Gasteiger partial charge in [-0.1, -0.05) is 0 Å². The van der Waals surface area contributed by atoms with Gasteiger partial charge in [0.2, 0.25) is 0 Å². The van der Waals surface area contributed by atoms with Crippen LogP contribution in [0, 0.1) is 21.7 Å².